The molecule has 27 heavy (non-hydrogen) atoms. The molecule has 1 aromatic carbocycles. The molecule has 1 saturated heterocycles. The SMILES string of the molecule is COc1ccc(-n2c(C)cc(C(=O)NCCCN3CCNCC3)c2C)cc1. The molecule has 3 rings (SSSR count). The summed E-state index contributed by atoms with van der Waals surface area (Å²) in [6, 6.07) is 9.85. The molecule has 0 spiro atoms. The zero-order valence-electron chi connectivity index (χ0n) is 16.5. The molecule has 0 bridgehead atoms. The zero-order chi connectivity index (χ0) is 19.2. The Morgan fingerprint density at radius 1 is 1.19 bits per heavy atom. The summed E-state index contributed by atoms with van der Waals surface area (Å²) in [5.41, 5.74) is 3.77. The first-order valence-electron chi connectivity index (χ1n) is 9.65. The van der Waals surface area contributed by atoms with Crippen LogP contribution in [0.2, 0.25) is 0 Å². The van der Waals surface area contributed by atoms with E-state index < -0.39 is 0 Å². The van der Waals surface area contributed by atoms with Gasteiger partial charge in [-0.3, -0.25) is 4.79 Å². The lowest BCUT2D eigenvalue weighted by Crippen LogP contribution is -2.44. The predicted octanol–water partition coefficient (Wildman–Crippen LogP) is 2.13. The Morgan fingerprint density at radius 2 is 1.89 bits per heavy atom. The number of hydrogen-bond acceptors (Lipinski definition) is 4. The van der Waals surface area contributed by atoms with Gasteiger partial charge in [0.05, 0.1) is 12.7 Å². The summed E-state index contributed by atoms with van der Waals surface area (Å²) in [6.07, 6.45) is 0.975. The quantitative estimate of drug-likeness (QED) is 0.733. The Balaban J connectivity index is 1.60. The van der Waals surface area contributed by atoms with E-state index in [1.54, 1.807) is 7.11 Å². The van der Waals surface area contributed by atoms with Crippen LogP contribution in [0.15, 0.2) is 30.3 Å². The summed E-state index contributed by atoms with van der Waals surface area (Å²) in [5.74, 6) is 0.826. The average molecular weight is 370 g/mol. The zero-order valence-corrected chi connectivity index (χ0v) is 16.5. The molecule has 2 heterocycles. The van der Waals surface area contributed by atoms with Crippen molar-refractivity contribution < 1.29 is 9.53 Å². The third-order valence-corrected chi connectivity index (χ3v) is 5.15. The molecule has 1 fully saturated rings. The largest absolute Gasteiger partial charge is 0.497 e. The van der Waals surface area contributed by atoms with Crippen LogP contribution in [0.5, 0.6) is 5.75 Å². The first-order valence-corrected chi connectivity index (χ1v) is 9.65. The second-order valence-electron chi connectivity index (χ2n) is 7.02. The van der Waals surface area contributed by atoms with E-state index in [4.69, 9.17) is 4.74 Å². The molecular formula is C21H30N4O2. The van der Waals surface area contributed by atoms with Crippen molar-refractivity contribution in [2.45, 2.75) is 20.3 Å². The number of benzene rings is 1. The highest BCUT2D eigenvalue weighted by Crippen LogP contribution is 2.22. The van der Waals surface area contributed by atoms with E-state index in [0.29, 0.717) is 6.54 Å². The van der Waals surface area contributed by atoms with Crippen LogP contribution in [0.3, 0.4) is 0 Å². The van der Waals surface area contributed by atoms with Gasteiger partial charge in [-0.25, -0.2) is 0 Å². The number of aromatic nitrogens is 1. The number of nitrogens with zero attached hydrogens (tertiary/aromatic N) is 2. The topological polar surface area (TPSA) is 58.5 Å². The van der Waals surface area contributed by atoms with Crippen molar-refractivity contribution in [2.24, 2.45) is 0 Å². The van der Waals surface area contributed by atoms with Gasteiger partial charge >= 0.3 is 0 Å². The second-order valence-corrected chi connectivity index (χ2v) is 7.02. The van der Waals surface area contributed by atoms with Gasteiger partial charge in [-0.2, -0.15) is 0 Å². The molecule has 0 radical (unpaired) electrons. The standard InChI is InChI=1S/C21H30N4O2/c1-16-15-20(17(2)25(16)18-5-7-19(27-3)8-6-18)21(26)23-9-4-12-24-13-10-22-11-14-24/h5-8,15,22H,4,9-14H2,1-3H3,(H,23,26). The lowest BCUT2D eigenvalue weighted by atomic mass is 10.2. The van der Waals surface area contributed by atoms with Crippen molar-refractivity contribution in [1.29, 1.82) is 0 Å². The fourth-order valence-corrected chi connectivity index (χ4v) is 3.66. The van der Waals surface area contributed by atoms with E-state index in [-0.39, 0.29) is 5.91 Å². The summed E-state index contributed by atoms with van der Waals surface area (Å²) in [7, 11) is 1.66. The van der Waals surface area contributed by atoms with Gasteiger partial charge in [0.2, 0.25) is 0 Å². The number of methoxy groups -OCH3 is 1. The molecule has 0 aliphatic carbocycles. The maximum atomic E-state index is 12.6. The van der Waals surface area contributed by atoms with Gasteiger partial charge < -0.3 is 24.8 Å². The van der Waals surface area contributed by atoms with E-state index in [2.05, 4.69) is 20.1 Å². The summed E-state index contributed by atoms with van der Waals surface area (Å²) in [4.78, 5) is 15.1. The summed E-state index contributed by atoms with van der Waals surface area (Å²) >= 11 is 0. The van der Waals surface area contributed by atoms with E-state index >= 15 is 0 Å². The highest BCUT2D eigenvalue weighted by atomic mass is 16.5. The first-order chi connectivity index (χ1) is 13.1. The fourth-order valence-electron chi connectivity index (χ4n) is 3.66. The molecule has 2 aromatic rings. The minimum Gasteiger partial charge on any atom is -0.497 e. The number of rotatable bonds is 7. The average Bonchev–Trinajstić information content (AvgIpc) is 3.00. The summed E-state index contributed by atoms with van der Waals surface area (Å²) in [5, 5.41) is 6.43. The van der Waals surface area contributed by atoms with Crippen LogP contribution in [0.4, 0.5) is 0 Å². The van der Waals surface area contributed by atoms with Gasteiger partial charge in [0, 0.05) is 49.8 Å². The van der Waals surface area contributed by atoms with Gasteiger partial charge in [0.1, 0.15) is 5.75 Å². The number of piperazine rings is 1. The molecule has 1 aromatic heterocycles. The molecule has 2 N–H and O–H groups in total. The number of hydrogen-bond donors (Lipinski definition) is 2. The molecule has 0 saturated carbocycles. The van der Waals surface area contributed by atoms with Gasteiger partial charge in [-0.05, 0) is 57.1 Å². The van der Waals surface area contributed by atoms with Crippen LogP contribution >= 0.6 is 0 Å². The fraction of sp³-hybridized carbons (Fsp3) is 0.476. The van der Waals surface area contributed by atoms with Crippen molar-refractivity contribution in [2.75, 3.05) is 46.4 Å². The van der Waals surface area contributed by atoms with Gasteiger partial charge in [0.25, 0.3) is 5.91 Å². The second kappa shape index (κ2) is 9.06. The van der Waals surface area contributed by atoms with Crippen molar-refractivity contribution in [3.05, 3.63) is 47.3 Å². The lowest BCUT2D eigenvalue weighted by Gasteiger charge is -2.27. The van der Waals surface area contributed by atoms with Crippen LogP contribution in [0.25, 0.3) is 5.69 Å². The maximum absolute atomic E-state index is 12.6. The summed E-state index contributed by atoms with van der Waals surface area (Å²) < 4.78 is 7.33. The molecule has 1 aliphatic heterocycles. The third-order valence-electron chi connectivity index (χ3n) is 5.15. The predicted molar refractivity (Wildman–Crippen MR) is 108 cm³/mol. The molecule has 6 nitrogen and oxygen atoms in total. The Bertz CT molecular complexity index is 761. The van der Waals surface area contributed by atoms with Gasteiger partial charge in [0.15, 0.2) is 0 Å². The number of aryl methyl sites for hydroxylation is 1. The Kier molecular flexibility index (Phi) is 6.53. The number of carbonyl (C=O) groups is 1. The Labute approximate surface area is 161 Å². The van der Waals surface area contributed by atoms with E-state index in [9.17, 15) is 4.79 Å². The van der Waals surface area contributed by atoms with Crippen molar-refractivity contribution >= 4 is 5.91 Å². The number of carbonyl (C=O) groups excluding carboxylic acids is 1. The smallest absolute Gasteiger partial charge is 0.253 e. The maximum Gasteiger partial charge on any atom is 0.253 e. The highest BCUT2D eigenvalue weighted by molar-refractivity contribution is 5.95. The van der Waals surface area contributed by atoms with Crippen LogP contribution in [-0.4, -0.2) is 61.8 Å². The Morgan fingerprint density at radius 3 is 2.56 bits per heavy atom. The first kappa shape index (κ1) is 19.5. The van der Waals surface area contributed by atoms with E-state index in [0.717, 1.165) is 67.5 Å². The molecule has 1 aliphatic rings. The molecule has 146 valence electrons. The van der Waals surface area contributed by atoms with Crippen molar-refractivity contribution in [3.8, 4) is 11.4 Å². The van der Waals surface area contributed by atoms with E-state index in [1.807, 2.05) is 44.2 Å². The highest BCUT2D eigenvalue weighted by Gasteiger charge is 2.16. The molecular weight excluding hydrogens is 340 g/mol. The van der Waals surface area contributed by atoms with Crippen molar-refractivity contribution in [3.63, 3.8) is 0 Å². The minimum atomic E-state index is 0.00294. The van der Waals surface area contributed by atoms with Crippen molar-refractivity contribution in [1.82, 2.24) is 20.1 Å². The Hall–Kier alpha value is -2.31. The minimum absolute atomic E-state index is 0.00294. The number of ether oxygens (including phenoxy) is 1. The normalized spacial score (nSPS) is 14.9. The molecule has 1 amide bonds. The number of amides is 1. The molecule has 6 heteroatoms. The molecule has 0 atom stereocenters. The van der Waals surface area contributed by atoms with E-state index in [1.165, 1.54) is 0 Å². The van der Waals surface area contributed by atoms with Crippen LogP contribution in [-0.2, 0) is 0 Å². The van der Waals surface area contributed by atoms with Gasteiger partial charge in [-0.1, -0.05) is 0 Å². The molecule has 0 unspecified atom stereocenters. The number of nitrogens with one attached hydrogen (secondary N) is 2. The summed E-state index contributed by atoms with van der Waals surface area (Å²) in [6.45, 7) is 10.1. The van der Waals surface area contributed by atoms with Crippen LogP contribution in [0, 0.1) is 13.8 Å². The third kappa shape index (κ3) is 4.70. The van der Waals surface area contributed by atoms with Crippen LogP contribution < -0.4 is 15.4 Å². The lowest BCUT2D eigenvalue weighted by molar-refractivity contribution is 0.0950. The van der Waals surface area contributed by atoms with Gasteiger partial charge in [-0.15, -0.1) is 0 Å². The van der Waals surface area contributed by atoms with Crippen LogP contribution in [0.1, 0.15) is 28.2 Å². The monoisotopic (exact) mass is 370 g/mol.